The number of hydrogen-bond donors (Lipinski definition) is 2. The maximum absolute atomic E-state index is 6.07. The molecule has 0 bridgehead atoms. The average molecular weight is 415 g/mol. The van der Waals surface area contributed by atoms with Crippen molar-refractivity contribution in [3.05, 3.63) is 89.1 Å². The molecule has 1 atom stereocenters. The summed E-state index contributed by atoms with van der Waals surface area (Å²) in [5.41, 5.74) is 5.99. The van der Waals surface area contributed by atoms with Crippen LogP contribution in [0.4, 0.5) is 0 Å². The number of aromatic amines is 1. The topological polar surface area (TPSA) is 55.5 Å². The Morgan fingerprint density at radius 2 is 1.74 bits per heavy atom. The molecule has 0 saturated carbocycles. The summed E-state index contributed by atoms with van der Waals surface area (Å²) < 4.78 is 17.0. The van der Waals surface area contributed by atoms with Crippen LogP contribution in [-0.2, 0) is 13.0 Å². The number of aromatic nitrogens is 1. The van der Waals surface area contributed by atoms with Gasteiger partial charge in [0, 0.05) is 23.1 Å². The predicted octanol–water partition coefficient (Wildman–Crippen LogP) is 5.00. The van der Waals surface area contributed by atoms with E-state index in [1.165, 1.54) is 16.6 Å². The van der Waals surface area contributed by atoms with Crippen molar-refractivity contribution in [3.63, 3.8) is 0 Å². The molecule has 0 spiro atoms. The van der Waals surface area contributed by atoms with Gasteiger partial charge in [-0.05, 0) is 53.4 Å². The number of hydrogen-bond acceptors (Lipinski definition) is 4. The highest BCUT2D eigenvalue weighted by molar-refractivity contribution is 5.86. The molecule has 31 heavy (non-hydrogen) atoms. The van der Waals surface area contributed by atoms with Crippen molar-refractivity contribution in [1.82, 2.24) is 10.3 Å². The van der Waals surface area contributed by atoms with Gasteiger partial charge in [0.15, 0.2) is 11.5 Å². The number of H-pyrrole nitrogens is 1. The summed E-state index contributed by atoms with van der Waals surface area (Å²) in [5.74, 6) is 2.36. The van der Waals surface area contributed by atoms with Crippen LogP contribution >= 0.6 is 0 Å². The van der Waals surface area contributed by atoms with Crippen molar-refractivity contribution >= 4 is 10.9 Å². The van der Waals surface area contributed by atoms with E-state index in [0.717, 1.165) is 46.9 Å². The summed E-state index contributed by atoms with van der Waals surface area (Å²) in [4.78, 5) is 3.64. The molecule has 158 valence electrons. The molecule has 1 aliphatic heterocycles. The molecule has 5 nitrogen and oxygen atoms in total. The fraction of sp³-hybridized carbons (Fsp3) is 0.231. The first kappa shape index (κ1) is 19.5. The lowest BCUT2D eigenvalue weighted by Gasteiger charge is -2.25. The lowest BCUT2D eigenvalue weighted by molar-refractivity contribution is 0.306. The molecule has 4 aromatic rings. The Bertz CT molecular complexity index is 1200. The molecule has 2 heterocycles. The maximum Gasteiger partial charge on any atom is 0.161 e. The Hall–Kier alpha value is -3.44. The third-order valence-electron chi connectivity index (χ3n) is 5.91. The second kappa shape index (κ2) is 8.36. The lowest BCUT2D eigenvalue weighted by atomic mass is 9.94. The zero-order chi connectivity index (χ0) is 21.2. The fourth-order valence-electron chi connectivity index (χ4n) is 4.35. The minimum atomic E-state index is 0.0737. The van der Waals surface area contributed by atoms with Gasteiger partial charge in [-0.15, -0.1) is 0 Å². The van der Waals surface area contributed by atoms with Crippen molar-refractivity contribution < 1.29 is 14.2 Å². The van der Waals surface area contributed by atoms with Crippen LogP contribution in [0, 0.1) is 0 Å². The van der Waals surface area contributed by atoms with Gasteiger partial charge in [-0.1, -0.05) is 36.4 Å². The van der Waals surface area contributed by atoms with Gasteiger partial charge in [0.1, 0.15) is 12.4 Å². The van der Waals surface area contributed by atoms with E-state index in [-0.39, 0.29) is 6.04 Å². The van der Waals surface area contributed by atoms with Crippen LogP contribution < -0.4 is 19.5 Å². The Morgan fingerprint density at radius 3 is 2.55 bits per heavy atom. The van der Waals surface area contributed by atoms with Crippen molar-refractivity contribution in [1.29, 1.82) is 0 Å². The standard InChI is InChI=1S/C26H26N2O3/c1-29-23-11-8-18(14-24(23)30-2)25-26-20(12-13-27-25)21-15-19(9-10-22(21)28-26)31-16-17-6-4-3-5-7-17/h3-11,14-15,25,27-28H,12-13,16H2,1-2H3/t25-/m0/s1. The number of benzene rings is 3. The zero-order valence-corrected chi connectivity index (χ0v) is 17.8. The monoisotopic (exact) mass is 414 g/mol. The number of nitrogens with one attached hydrogen (secondary N) is 2. The normalized spacial score (nSPS) is 15.5. The van der Waals surface area contributed by atoms with E-state index < -0.39 is 0 Å². The summed E-state index contributed by atoms with van der Waals surface area (Å²) in [7, 11) is 3.32. The van der Waals surface area contributed by atoms with E-state index in [1.807, 2.05) is 36.4 Å². The third kappa shape index (κ3) is 3.73. The Morgan fingerprint density at radius 1 is 0.903 bits per heavy atom. The quantitative estimate of drug-likeness (QED) is 0.466. The summed E-state index contributed by atoms with van der Waals surface area (Å²) in [6.45, 7) is 1.48. The highest BCUT2D eigenvalue weighted by atomic mass is 16.5. The van der Waals surface area contributed by atoms with E-state index >= 15 is 0 Å². The molecule has 0 saturated heterocycles. The molecule has 0 fully saturated rings. The SMILES string of the molecule is COc1ccc([C@@H]2NCCc3c2[nH]c2ccc(OCc4ccccc4)cc32)cc1OC. The lowest BCUT2D eigenvalue weighted by Crippen LogP contribution is -2.30. The summed E-state index contributed by atoms with van der Waals surface area (Å²) >= 11 is 0. The van der Waals surface area contributed by atoms with Gasteiger partial charge in [-0.3, -0.25) is 0 Å². The largest absolute Gasteiger partial charge is 0.493 e. The Kier molecular flexibility index (Phi) is 5.26. The van der Waals surface area contributed by atoms with Crippen LogP contribution in [0.1, 0.15) is 28.4 Å². The van der Waals surface area contributed by atoms with E-state index in [2.05, 4.69) is 40.6 Å². The molecule has 0 radical (unpaired) electrons. The molecular weight excluding hydrogens is 388 g/mol. The summed E-state index contributed by atoms with van der Waals surface area (Å²) in [6.07, 6.45) is 0.973. The number of ether oxygens (including phenoxy) is 3. The predicted molar refractivity (Wildman–Crippen MR) is 122 cm³/mol. The second-order valence-corrected chi connectivity index (χ2v) is 7.75. The van der Waals surface area contributed by atoms with Crippen molar-refractivity contribution in [2.75, 3.05) is 20.8 Å². The third-order valence-corrected chi connectivity index (χ3v) is 5.91. The molecule has 0 amide bonds. The number of methoxy groups -OCH3 is 2. The highest BCUT2D eigenvalue weighted by Crippen LogP contribution is 2.37. The molecular formula is C26H26N2O3. The van der Waals surface area contributed by atoms with Crippen LogP contribution in [0.5, 0.6) is 17.2 Å². The maximum atomic E-state index is 6.07. The van der Waals surface area contributed by atoms with Crippen molar-refractivity contribution in [2.45, 2.75) is 19.1 Å². The fourth-order valence-corrected chi connectivity index (χ4v) is 4.35. The Labute approximate surface area is 182 Å². The van der Waals surface area contributed by atoms with Gasteiger partial charge in [-0.2, -0.15) is 0 Å². The molecule has 2 N–H and O–H groups in total. The molecule has 0 unspecified atom stereocenters. The van der Waals surface area contributed by atoms with Gasteiger partial charge in [0.05, 0.1) is 20.3 Å². The van der Waals surface area contributed by atoms with Crippen LogP contribution in [-0.4, -0.2) is 25.7 Å². The van der Waals surface area contributed by atoms with Gasteiger partial charge < -0.3 is 24.5 Å². The van der Waals surface area contributed by atoms with Crippen LogP contribution in [0.3, 0.4) is 0 Å². The van der Waals surface area contributed by atoms with Crippen LogP contribution in [0.25, 0.3) is 10.9 Å². The first-order chi connectivity index (χ1) is 15.3. The van der Waals surface area contributed by atoms with Crippen LogP contribution in [0.15, 0.2) is 66.7 Å². The van der Waals surface area contributed by atoms with E-state index in [1.54, 1.807) is 14.2 Å². The van der Waals surface area contributed by atoms with E-state index in [9.17, 15) is 0 Å². The van der Waals surface area contributed by atoms with Crippen molar-refractivity contribution in [3.8, 4) is 17.2 Å². The summed E-state index contributed by atoms with van der Waals surface area (Å²) in [6, 6.07) is 22.7. The van der Waals surface area contributed by atoms with Gasteiger partial charge in [-0.25, -0.2) is 0 Å². The van der Waals surface area contributed by atoms with Crippen LogP contribution in [0.2, 0.25) is 0 Å². The van der Waals surface area contributed by atoms with Gasteiger partial charge in [0.25, 0.3) is 0 Å². The first-order valence-corrected chi connectivity index (χ1v) is 10.5. The first-order valence-electron chi connectivity index (χ1n) is 10.5. The van der Waals surface area contributed by atoms with E-state index in [4.69, 9.17) is 14.2 Å². The average Bonchev–Trinajstić information content (AvgIpc) is 3.21. The van der Waals surface area contributed by atoms with Crippen molar-refractivity contribution in [2.24, 2.45) is 0 Å². The molecule has 1 aliphatic rings. The summed E-state index contributed by atoms with van der Waals surface area (Å²) in [5, 5.41) is 4.87. The highest BCUT2D eigenvalue weighted by Gasteiger charge is 2.26. The number of rotatable bonds is 6. The second-order valence-electron chi connectivity index (χ2n) is 7.75. The van der Waals surface area contributed by atoms with E-state index in [0.29, 0.717) is 6.61 Å². The number of fused-ring (bicyclic) bond motifs is 3. The molecule has 1 aromatic heterocycles. The molecule has 5 rings (SSSR count). The van der Waals surface area contributed by atoms with Gasteiger partial charge >= 0.3 is 0 Å². The molecule has 0 aliphatic carbocycles. The molecule has 3 aromatic carbocycles. The minimum absolute atomic E-state index is 0.0737. The Balaban J connectivity index is 1.47. The zero-order valence-electron chi connectivity index (χ0n) is 17.8. The molecule has 5 heteroatoms. The smallest absolute Gasteiger partial charge is 0.161 e. The van der Waals surface area contributed by atoms with Gasteiger partial charge in [0.2, 0.25) is 0 Å². The minimum Gasteiger partial charge on any atom is -0.493 e.